The SMILES string of the molecule is CC1=C(C(=O)O[C@@H]2C[C@@H]3CC[C@]2(C)C3(C)C)[C@@H](c2ccccc2[N+](=O)[O-])C2=C(N1)c1ccccc1C2=O. The fourth-order valence-corrected chi connectivity index (χ4v) is 7.31. The lowest BCUT2D eigenvalue weighted by molar-refractivity contribution is -0.385. The number of benzene rings is 2. The Labute approximate surface area is 215 Å². The third-order valence-corrected chi connectivity index (χ3v) is 9.88. The molecule has 1 N–H and O–H groups in total. The van der Waals surface area contributed by atoms with E-state index in [9.17, 15) is 19.7 Å². The lowest BCUT2D eigenvalue weighted by Gasteiger charge is -2.39. The van der Waals surface area contributed by atoms with Gasteiger partial charge in [0.2, 0.25) is 0 Å². The van der Waals surface area contributed by atoms with Crippen LogP contribution in [-0.2, 0) is 9.53 Å². The zero-order valence-electron chi connectivity index (χ0n) is 21.5. The van der Waals surface area contributed by atoms with E-state index >= 15 is 0 Å². The second kappa shape index (κ2) is 7.88. The van der Waals surface area contributed by atoms with Crippen LogP contribution in [0.25, 0.3) is 5.70 Å². The molecule has 6 rings (SSSR count). The van der Waals surface area contributed by atoms with Gasteiger partial charge in [-0.1, -0.05) is 63.2 Å². The number of ether oxygens (including phenoxy) is 1. The fraction of sp³-hybridized carbons (Fsp3) is 0.400. The van der Waals surface area contributed by atoms with E-state index in [1.807, 2.05) is 12.1 Å². The molecule has 7 nitrogen and oxygen atoms in total. The molecule has 3 aliphatic carbocycles. The number of hydrogen-bond acceptors (Lipinski definition) is 6. The van der Waals surface area contributed by atoms with Gasteiger partial charge in [-0.05, 0) is 37.5 Å². The Hall–Kier alpha value is -3.74. The highest BCUT2D eigenvalue weighted by molar-refractivity contribution is 6.23. The quantitative estimate of drug-likeness (QED) is 0.319. The van der Waals surface area contributed by atoms with Crippen LogP contribution in [0.1, 0.15) is 74.4 Å². The van der Waals surface area contributed by atoms with Crippen molar-refractivity contribution in [1.29, 1.82) is 0 Å². The summed E-state index contributed by atoms with van der Waals surface area (Å²) in [5.74, 6) is -1.17. The van der Waals surface area contributed by atoms with Crippen LogP contribution < -0.4 is 5.32 Å². The number of hydrogen-bond donors (Lipinski definition) is 1. The van der Waals surface area contributed by atoms with E-state index < -0.39 is 16.8 Å². The zero-order valence-corrected chi connectivity index (χ0v) is 21.5. The van der Waals surface area contributed by atoms with E-state index in [0.29, 0.717) is 34.0 Å². The Morgan fingerprint density at radius 3 is 2.41 bits per heavy atom. The summed E-state index contributed by atoms with van der Waals surface area (Å²) in [6.45, 7) is 8.50. The van der Waals surface area contributed by atoms with E-state index in [1.165, 1.54) is 6.07 Å². The van der Waals surface area contributed by atoms with Crippen LogP contribution in [0.3, 0.4) is 0 Å². The summed E-state index contributed by atoms with van der Waals surface area (Å²) in [4.78, 5) is 39.3. The van der Waals surface area contributed by atoms with Crippen molar-refractivity contribution >= 4 is 23.1 Å². The van der Waals surface area contributed by atoms with E-state index in [4.69, 9.17) is 4.74 Å². The van der Waals surface area contributed by atoms with Crippen LogP contribution in [0.5, 0.6) is 0 Å². The van der Waals surface area contributed by atoms with Gasteiger partial charge in [0.15, 0.2) is 5.78 Å². The molecule has 4 atom stereocenters. The van der Waals surface area contributed by atoms with Crippen molar-refractivity contribution in [2.24, 2.45) is 16.7 Å². The average Bonchev–Trinajstić information content (AvgIpc) is 3.35. The van der Waals surface area contributed by atoms with Crippen LogP contribution in [0.15, 0.2) is 65.4 Å². The minimum atomic E-state index is -0.912. The number of carbonyl (C=O) groups is 2. The second-order valence-electron chi connectivity index (χ2n) is 11.6. The number of rotatable bonds is 4. The van der Waals surface area contributed by atoms with Gasteiger partial charge in [-0.2, -0.15) is 0 Å². The molecule has 2 aromatic carbocycles. The molecular weight excluding hydrogens is 468 g/mol. The van der Waals surface area contributed by atoms with Crippen LogP contribution in [-0.4, -0.2) is 22.8 Å². The van der Waals surface area contributed by atoms with Gasteiger partial charge in [0.25, 0.3) is 5.69 Å². The number of esters is 1. The van der Waals surface area contributed by atoms with Crippen molar-refractivity contribution in [2.75, 3.05) is 0 Å². The standard InChI is InChI=1S/C30H30N2O5/c1-16-23(28(34)37-22-15-17-13-14-30(22,4)29(17,2)3)24(20-11-7-8-12-21(20)32(35)36)25-26(31-16)18-9-5-6-10-19(18)27(25)33/h5-12,17,22,24,31H,13-15H2,1-4H3/t17-,22+,24+,30-/m0/s1. The Morgan fingerprint density at radius 1 is 1.08 bits per heavy atom. The van der Waals surface area contributed by atoms with E-state index in [1.54, 1.807) is 37.3 Å². The number of carbonyl (C=O) groups excluding carboxylic acids is 2. The van der Waals surface area contributed by atoms with Crippen LogP contribution in [0.2, 0.25) is 0 Å². The van der Waals surface area contributed by atoms with E-state index in [2.05, 4.69) is 26.1 Å². The highest BCUT2D eigenvalue weighted by atomic mass is 16.6. The number of dihydropyridines is 1. The normalized spacial score (nSPS) is 29.2. The van der Waals surface area contributed by atoms with Gasteiger partial charge in [0, 0.05) is 39.4 Å². The van der Waals surface area contributed by atoms with E-state index in [0.717, 1.165) is 24.8 Å². The highest BCUT2D eigenvalue weighted by Crippen LogP contribution is 2.66. The van der Waals surface area contributed by atoms with Crippen LogP contribution >= 0.6 is 0 Å². The minimum absolute atomic E-state index is 0.0581. The summed E-state index contributed by atoms with van der Waals surface area (Å²) < 4.78 is 6.27. The topological polar surface area (TPSA) is 98.5 Å². The third kappa shape index (κ3) is 3.12. The monoisotopic (exact) mass is 498 g/mol. The smallest absolute Gasteiger partial charge is 0.337 e. The summed E-state index contributed by atoms with van der Waals surface area (Å²) in [6, 6.07) is 13.6. The molecule has 2 aromatic rings. The predicted octanol–water partition coefficient (Wildman–Crippen LogP) is 5.92. The molecule has 1 aliphatic heterocycles. The molecule has 4 aliphatic rings. The number of nitro groups is 1. The van der Waals surface area contributed by atoms with Crippen LogP contribution in [0, 0.1) is 26.9 Å². The minimum Gasteiger partial charge on any atom is -0.458 e. The first kappa shape index (κ1) is 23.6. The lowest BCUT2D eigenvalue weighted by Crippen LogP contribution is -2.39. The largest absolute Gasteiger partial charge is 0.458 e. The molecule has 1 heterocycles. The molecule has 37 heavy (non-hydrogen) atoms. The van der Waals surface area contributed by atoms with Gasteiger partial charge in [0.1, 0.15) is 6.10 Å². The molecule has 0 unspecified atom stereocenters. The molecule has 7 heteroatoms. The fourth-order valence-electron chi connectivity index (χ4n) is 7.31. The Kier molecular flexibility index (Phi) is 5.03. The molecule has 2 fully saturated rings. The van der Waals surface area contributed by atoms with Crippen molar-refractivity contribution < 1.29 is 19.2 Å². The summed E-state index contributed by atoms with van der Waals surface area (Å²) in [6.07, 6.45) is 2.69. The van der Waals surface area contributed by atoms with Gasteiger partial charge < -0.3 is 10.1 Å². The first-order valence-corrected chi connectivity index (χ1v) is 12.9. The summed E-state index contributed by atoms with van der Waals surface area (Å²) >= 11 is 0. The van der Waals surface area contributed by atoms with Crippen molar-refractivity contribution in [1.82, 2.24) is 5.32 Å². The Bertz CT molecular complexity index is 1450. The summed E-state index contributed by atoms with van der Waals surface area (Å²) in [5, 5.41) is 15.3. The summed E-state index contributed by atoms with van der Waals surface area (Å²) in [5.41, 5.74) is 3.13. The molecular formula is C30H30N2O5. The van der Waals surface area contributed by atoms with Crippen LogP contribution in [0.4, 0.5) is 5.69 Å². The predicted molar refractivity (Wildman–Crippen MR) is 138 cm³/mol. The maximum Gasteiger partial charge on any atom is 0.337 e. The number of para-hydroxylation sites is 1. The lowest BCUT2D eigenvalue weighted by atomic mass is 9.70. The van der Waals surface area contributed by atoms with Gasteiger partial charge in [0.05, 0.1) is 22.1 Å². The molecule has 2 bridgehead atoms. The Morgan fingerprint density at radius 2 is 1.76 bits per heavy atom. The van der Waals surface area contributed by atoms with Crippen molar-refractivity contribution in [3.8, 4) is 0 Å². The molecule has 0 radical (unpaired) electrons. The van der Waals surface area contributed by atoms with Gasteiger partial charge in [-0.15, -0.1) is 0 Å². The Balaban J connectivity index is 1.47. The number of fused-ring (bicyclic) bond motifs is 4. The highest BCUT2D eigenvalue weighted by Gasteiger charge is 2.63. The van der Waals surface area contributed by atoms with Gasteiger partial charge in [-0.3, -0.25) is 14.9 Å². The molecule has 0 saturated heterocycles. The van der Waals surface area contributed by atoms with Crippen molar-refractivity contribution in [2.45, 2.75) is 59.0 Å². The first-order valence-electron chi connectivity index (χ1n) is 12.9. The van der Waals surface area contributed by atoms with Gasteiger partial charge in [-0.25, -0.2) is 4.79 Å². The number of allylic oxidation sites excluding steroid dienone is 2. The molecule has 0 spiro atoms. The molecule has 0 amide bonds. The number of nitrogens with one attached hydrogen (secondary N) is 1. The van der Waals surface area contributed by atoms with Crippen molar-refractivity contribution in [3.05, 3.63) is 92.2 Å². The number of nitro benzene ring substituents is 1. The number of Topliss-reactive ketones (excluding diaryl/α,β-unsaturated/α-hetero) is 1. The number of ketones is 1. The van der Waals surface area contributed by atoms with E-state index in [-0.39, 0.29) is 34.0 Å². The third-order valence-electron chi connectivity index (χ3n) is 9.88. The first-order chi connectivity index (χ1) is 17.6. The molecule has 2 saturated carbocycles. The maximum absolute atomic E-state index is 14.0. The molecule has 0 aromatic heterocycles. The number of nitrogens with zero attached hydrogens (tertiary/aromatic N) is 1. The van der Waals surface area contributed by atoms with Gasteiger partial charge >= 0.3 is 5.97 Å². The summed E-state index contributed by atoms with van der Waals surface area (Å²) in [7, 11) is 0. The average molecular weight is 499 g/mol. The zero-order chi connectivity index (χ0) is 26.3. The molecule has 190 valence electrons. The second-order valence-corrected chi connectivity index (χ2v) is 11.6. The maximum atomic E-state index is 14.0. The van der Waals surface area contributed by atoms with Crippen molar-refractivity contribution in [3.63, 3.8) is 0 Å².